The molecule has 0 aliphatic carbocycles. The molecule has 1 unspecified atom stereocenters. The van der Waals surface area contributed by atoms with Gasteiger partial charge in [-0.05, 0) is 49.2 Å². The lowest BCUT2D eigenvalue weighted by Gasteiger charge is -2.34. The van der Waals surface area contributed by atoms with Gasteiger partial charge in [-0.1, -0.05) is 6.42 Å². The van der Waals surface area contributed by atoms with E-state index in [9.17, 15) is 17.6 Å². The standard InChI is InChI=1S/C20H21FN2O5S/c21-14-4-7-17(8-5-14)29(25,26)23-10-2-1-3-16(23)12-20(24)22-15-6-9-18-19(11-15)28-13-27-18/h4-9,11,16H,1-3,10,12-13H2,(H,22,24). The molecule has 154 valence electrons. The molecule has 2 aliphatic heterocycles. The maximum atomic E-state index is 13.2. The van der Waals surface area contributed by atoms with Crippen molar-refractivity contribution in [1.82, 2.24) is 4.31 Å². The van der Waals surface area contributed by atoms with Gasteiger partial charge < -0.3 is 14.8 Å². The zero-order valence-electron chi connectivity index (χ0n) is 15.6. The monoisotopic (exact) mass is 420 g/mol. The van der Waals surface area contributed by atoms with E-state index >= 15 is 0 Å². The van der Waals surface area contributed by atoms with Crippen molar-refractivity contribution in [3.63, 3.8) is 0 Å². The second kappa shape index (κ2) is 8.00. The summed E-state index contributed by atoms with van der Waals surface area (Å²) < 4.78 is 51.1. The molecule has 1 N–H and O–H groups in total. The van der Waals surface area contributed by atoms with E-state index in [0.717, 1.165) is 25.0 Å². The maximum absolute atomic E-state index is 13.2. The average Bonchev–Trinajstić information content (AvgIpc) is 3.16. The minimum absolute atomic E-state index is 0.0296. The van der Waals surface area contributed by atoms with Crippen molar-refractivity contribution in [3.05, 3.63) is 48.3 Å². The number of nitrogens with one attached hydrogen (secondary N) is 1. The number of halogens is 1. The third-order valence-corrected chi connectivity index (χ3v) is 7.04. The van der Waals surface area contributed by atoms with E-state index in [1.54, 1.807) is 18.2 Å². The molecule has 2 aromatic carbocycles. The highest BCUT2D eigenvalue weighted by Gasteiger charge is 2.34. The zero-order chi connectivity index (χ0) is 20.4. The first-order valence-electron chi connectivity index (χ1n) is 9.40. The molecular weight excluding hydrogens is 399 g/mol. The van der Waals surface area contributed by atoms with E-state index in [2.05, 4.69) is 5.32 Å². The van der Waals surface area contributed by atoms with Crippen LogP contribution in [0.2, 0.25) is 0 Å². The molecule has 1 fully saturated rings. The molecule has 2 aliphatic rings. The summed E-state index contributed by atoms with van der Waals surface area (Å²) in [4.78, 5) is 12.6. The van der Waals surface area contributed by atoms with Crippen molar-refractivity contribution in [1.29, 1.82) is 0 Å². The molecule has 0 bridgehead atoms. The predicted molar refractivity (Wildman–Crippen MR) is 104 cm³/mol. The van der Waals surface area contributed by atoms with Crippen LogP contribution in [-0.2, 0) is 14.8 Å². The van der Waals surface area contributed by atoms with Crippen molar-refractivity contribution in [2.75, 3.05) is 18.7 Å². The molecule has 29 heavy (non-hydrogen) atoms. The van der Waals surface area contributed by atoms with E-state index < -0.39 is 21.9 Å². The number of rotatable bonds is 5. The number of hydrogen-bond donors (Lipinski definition) is 1. The largest absolute Gasteiger partial charge is 0.454 e. The number of nitrogens with zero attached hydrogens (tertiary/aromatic N) is 1. The van der Waals surface area contributed by atoms with Crippen LogP contribution in [0.1, 0.15) is 25.7 Å². The molecule has 0 spiro atoms. The van der Waals surface area contributed by atoms with Crippen LogP contribution in [0.25, 0.3) is 0 Å². The van der Waals surface area contributed by atoms with Gasteiger partial charge in [0.05, 0.1) is 4.90 Å². The van der Waals surface area contributed by atoms with Gasteiger partial charge in [-0.25, -0.2) is 12.8 Å². The van der Waals surface area contributed by atoms with Gasteiger partial charge >= 0.3 is 0 Å². The van der Waals surface area contributed by atoms with Gasteiger partial charge in [-0.2, -0.15) is 4.31 Å². The highest BCUT2D eigenvalue weighted by molar-refractivity contribution is 7.89. The van der Waals surface area contributed by atoms with Gasteiger partial charge in [-0.15, -0.1) is 0 Å². The van der Waals surface area contributed by atoms with Crippen LogP contribution in [0, 0.1) is 5.82 Å². The second-order valence-electron chi connectivity index (χ2n) is 7.04. The summed E-state index contributed by atoms with van der Waals surface area (Å²) in [5.74, 6) is 0.394. The summed E-state index contributed by atoms with van der Waals surface area (Å²) >= 11 is 0. The minimum Gasteiger partial charge on any atom is -0.454 e. The Labute approximate surface area is 168 Å². The normalized spacial score (nSPS) is 19.1. The minimum atomic E-state index is -3.80. The number of carbonyl (C=O) groups excluding carboxylic acids is 1. The Bertz CT molecular complexity index is 1010. The Kier molecular flexibility index (Phi) is 5.42. The SMILES string of the molecule is O=C(CC1CCCCN1S(=O)(=O)c1ccc(F)cc1)Nc1ccc2c(c1)OCO2. The molecule has 0 aromatic heterocycles. The molecular formula is C20H21FN2O5S. The van der Waals surface area contributed by atoms with Crippen LogP contribution in [0.4, 0.5) is 10.1 Å². The number of piperidine rings is 1. The molecule has 9 heteroatoms. The summed E-state index contributed by atoms with van der Waals surface area (Å²) in [7, 11) is -3.80. The van der Waals surface area contributed by atoms with Gasteiger partial charge in [0, 0.05) is 30.8 Å². The van der Waals surface area contributed by atoms with E-state index in [-0.39, 0.29) is 24.0 Å². The van der Waals surface area contributed by atoms with Crippen LogP contribution in [0.5, 0.6) is 11.5 Å². The Morgan fingerprint density at radius 1 is 1.10 bits per heavy atom. The van der Waals surface area contributed by atoms with Crippen molar-refractivity contribution >= 4 is 21.6 Å². The second-order valence-corrected chi connectivity index (χ2v) is 8.93. The van der Waals surface area contributed by atoms with Gasteiger partial charge in [0.25, 0.3) is 0 Å². The summed E-state index contributed by atoms with van der Waals surface area (Å²) in [5, 5.41) is 2.79. The van der Waals surface area contributed by atoms with Crippen LogP contribution in [0.3, 0.4) is 0 Å². The predicted octanol–water partition coefficient (Wildman–Crippen LogP) is 3.13. The summed E-state index contributed by atoms with van der Waals surface area (Å²) in [6.45, 7) is 0.479. The van der Waals surface area contributed by atoms with Crippen LogP contribution >= 0.6 is 0 Å². The number of anilines is 1. The lowest BCUT2D eigenvalue weighted by Crippen LogP contribution is -2.45. The topological polar surface area (TPSA) is 84.9 Å². The first-order valence-corrected chi connectivity index (χ1v) is 10.8. The van der Waals surface area contributed by atoms with E-state index in [1.165, 1.54) is 16.4 Å². The van der Waals surface area contributed by atoms with Crippen LogP contribution in [0.15, 0.2) is 47.4 Å². The third kappa shape index (κ3) is 4.20. The van der Waals surface area contributed by atoms with Crippen molar-refractivity contribution in [3.8, 4) is 11.5 Å². The molecule has 7 nitrogen and oxygen atoms in total. The zero-order valence-corrected chi connectivity index (χ0v) is 16.5. The Hall–Kier alpha value is -2.65. The highest BCUT2D eigenvalue weighted by Crippen LogP contribution is 2.34. The number of fused-ring (bicyclic) bond motifs is 1. The Morgan fingerprint density at radius 2 is 1.86 bits per heavy atom. The summed E-state index contributed by atoms with van der Waals surface area (Å²) in [6.07, 6.45) is 2.20. The third-order valence-electron chi connectivity index (χ3n) is 5.07. The number of benzene rings is 2. The Morgan fingerprint density at radius 3 is 2.66 bits per heavy atom. The quantitative estimate of drug-likeness (QED) is 0.803. The highest BCUT2D eigenvalue weighted by atomic mass is 32.2. The van der Waals surface area contributed by atoms with Gasteiger partial charge in [-0.3, -0.25) is 4.79 Å². The average molecular weight is 420 g/mol. The van der Waals surface area contributed by atoms with Crippen molar-refractivity contribution < 1.29 is 27.1 Å². The van der Waals surface area contributed by atoms with Gasteiger partial charge in [0.1, 0.15) is 5.82 Å². The maximum Gasteiger partial charge on any atom is 0.243 e. The van der Waals surface area contributed by atoms with Crippen molar-refractivity contribution in [2.24, 2.45) is 0 Å². The number of carbonyl (C=O) groups is 1. The van der Waals surface area contributed by atoms with Crippen LogP contribution < -0.4 is 14.8 Å². The number of sulfonamides is 1. The summed E-state index contributed by atoms with van der Waals surface area (Å²) in [5.41, 5.74) is 0.558. The first-order chi connectivity index (χ1) is 13.9. The molecule has 2 heterocycles. The lowest BCUT2D eigenvalue weighted by atomic mass is 10.0. The fourth-order valence-electron chi connectivity index (χ4n) is 3.64. The first kappa shape index (κ1) is 19.7. The van der Waals surface area contributed by atoms with E-state index in [0.29, 0.717) is 30.2 Å². The number of amides is 1. The fraction of sp³-hybridized carbons (Fsp3) is 0.350. The molecule has 1 saturated heterocycles. The van der Waals surface area contributed by atoms with Crippen molar-refractivity contribution in [2.45, 2.75) is 36.6 Å². The molecule has 1 amide bonds. The molecule has 0 radical (unpaired) electrons. The van der Waals surface area contributed by atoms with Crippen LogP contribution in [-0.4, -0.2) is 38.0 Å². The Balaban J connectivity index is 1.47. The van der Waals surface area contributed by atoms with E-state index in [1.807, 2.05) is 0 Å². The number of hydrogen-bond acceptors (Lipinski definition) is 5. The smallest absolute Gasteiger partial charge is 0.243 e. The van der Waals surface area contributed by atoms with Gasteiger partial charge in [0.15, 0.2) is 11.5 Å². The molecule has 1 atom stereocenters. The lowest BCUT2D eigenvalue weighted by molar-refractivity contribution is -0.117. The van der Waals surface area contributed by atoms with E-state index in [4.69, 9.17) is 9.47 Å². The van der Waals surface area contributed by atoms with Gasteiger partial charge in [0.2, 0.25) is 22.7 Å². The number of ether oxygens (including phenoxy) is 2. The molecule has 4 rings (SSSR count). The molecule has 2 aromatic rings. The molecule has 0 saturated carbocycles. The summed E-state index contributed by atoms with van der Waals surface area (Å²) in [6, 6.07) is 9.40. The fourth-order valence-corrected chi connectivity index (χ4v) is 5.33.